The molecule has 0 unspecified atom stereocenters. The van der Waals surface area contributed by atoms with Crippen molar-refractivity contribution in [1.29, 1.82) is 0 Å². The maximum absolute atomic E-state index is 13.0. The Morgan fingerprint density at radius 1 is 1.07 bits per heavy atom. The molecular formula is C21H20N2O4S. The van der Waals surface area contributed by atoms with Crippen LogP contribution in [0.1, 0.15) is 27.2 Å². The fraction of sp³-hybridized carbons (Fsp3) is 0.190. The normalized spacial score (nSPS) is 14.5. The van der Waals surface area contributed by atoms with Crippen LogP contribution in [0.5, 0.6) is 0 Å². The number of anilines is 1. The molecule has 0 fully saturated rings. The molecular weight excluding hydrogens is 376 g/mol. The van der Waals surface area contributed by atoms with Crippen LogP contribution in [0.25, 0.3) is 0 Å². The number of fused-ring (bicyclic) bond motifs is 1. The summed E-state index contributed by atoms with van der Waals surface area (Å²) in [6.45, 7) is 2.63. The average Bonchev–Trinajstić information content (AvgIpc) is 3.23. The lowest BCUT2D eigenvalue weighted by molar-refractivity contribution is 0.0996. The van der Waals surface area contributed by atoms with Crippen LogP contribution in [0.2, 0.25) is 0 Å². The Bertz CT molecular complexity index is 1100. The van der Waals surface area contributed by atoms with Crippen LogP contribution in [0.4, 0.5) is 5.69 Å². The number of nitrogens with one attached hydrogen (secondary N) is 1. The molecule has 0 bridgehead atoms. The van der Waals surface area contributed by atoms with E-state index in [0.29, 0.717) is 23.5 Å². The van der Waals surface area contributed by atoms with Gasteiger partial charge in [-0.2, -0.15) is 4.31 Å². The molecule has 1 aliphatic heterocycles. The average molecular weight is 396 g/mol. The van der Waals surface area contributed by atoms with Crippen molar-refractivity contribution >= 4 is 21.6 Å². The zero-order valence-corrected chi connectivity index (χ0v) is 16.2. The quantitative estimate of drug-likeness (QED) is 0.731. The van der Waals surface area contributed by atoms with E-state index in [2.05, 4.69) is 5.32 Å². The molecule has 2 heterocycles. The first-order chi connectivity index (χ1) is 13.4. The Hall–Kier alpha value is -2.90. The van der Waals surface area contributed by atoms with Gasteiger partial charge in [0.15, 0.2) is 5.76 Å². The molecule has 0 atom stereocenters. The number of hydrogen-bond acceptors (Lipinski definition) is 4. The van der Waals surface area contributed by atoms with Crippen LogP contribution in [-0.4, -0.2) is 25.2 Å². The molecule has 6 nitrogen and oxygen atoms in total. The zero-order chi connectivity index (χ0) is 19.7. The molecule has 2 aromatic carbocycles. The largest absolute Gasteiger partial charge is 0.459 e. The minimum Gasteiger partial charge on any atom is -0.459 e. The van der Waals surface area contributed by atoms with Crippen LogP contribution in [0, 0.1) is 6.92 Å². The number of carbonyl (C=O) groups excluding carboxylic acids is 1. The molecule has 1 aromatic heterocycles. The maximum atomic E-state index is 13.0. The molecule has 28 heavy (non-hydrogen) atoms. The van der Waals surface area contributed by atoms with E-state index in [4.69, 9.17) is 4.42 Å². The van der Waals surface area contributed by atoms with Crippen LogP contribution in [-0.2, 0) is 23.0 Å². The predicted molar refractivity (Wildman–Crippen MR) is 106 cm³/mol. The van der Waals surface area contributed by atoms with Gasteiger partial charge < -0.3 is 9.73 Å². The van der Waals surface area contributed by atoms with Crippen molar-refractivity contribution < 1.29 is 17.6 Å². The first-order valence-corrected chi connectivity index (χ1v) is 10.4. The predicted octanol–water partition coefficient (Wildman–Crippen LogP) is 3.59. The maximum Gasteiger partial charge on any atom is 0.291 e. The molecule has 0 radical (unpaired) electrons. The van der Waals surface area contributed by atoms with E-state index in [1.54, 1.807) is 36.4 Å². The second-order valence-electron chi connectivity index (χ2n) is 6.82. The minimum atomic E-state index is -3.56. The number of amides is 1. The standard InChI is InChI=1S/C21H20N2O4S/c1-15-4-8-19(9-5-15)28(25,26)23-11-10-16-6-7-18(13-17(16)14-23)22-21(24)20-3-2-12-27-20/h2-9,12-13H,10-11,14H2,1H3,(H,22,24). The summed E-state index contributed by atoms with van der Waals surface area (Å²) in [6, 6.07) is 15.7. The van der Waals surface area contributed by atoms with E-state index in [1.165, 1.54) is 10.6 Å². The minimum absolute atomic E-state index is 0.223. The van der Waals surface area contributed by atoms with Gasteiger partial charge in [0.25, 0.3) is 5.91 Å². The van der Waals surface area contributed by atoms with Crippen molar-refractivity contribution in [2.75, 3.05) is 11.9 Å². The van der Waals surface area contributed by atoms with Gasteiger partial charge in [-0.3, -0.25) is 4.79 Å². The van der Waals surface area contributed by atoms with Crippen molar-refractivity contribution in [1.82, 2.24) is 4.31 Å². The summed E-state index contributed by atoms with van der Waals surface area (Å²) < 4.78 is 32.5. The van der Waals surface area contributed by atoms with Crippen molar-refractivity contribution in [2.45, 2.75) is 24.8 Å². The van der Waals surface area contributed by atoms with E-state index in [0.717, 1.165) is 16.7 Å². The number of sulfonamides is 1. The highest BCUT2D eigenvalue weighted by Gasteiger charge is 2.28. The lowest BCUT2D eigenvalue weighted by Gasteiger charge is -2.28. The highest BCUT2D eigenvalue weighted by atomic mass is 32.2. The molecule has 0 saturated carbocycles. The summed E-state index contributed by atoms with van der Waals surface area (Å²) in [7, 11) is -3.56. The molecule has 7 heteroatoms. The second kappa shape index (κ2) is 7.26. The third-order valence-corrected chi connectivity index (χ3v) is 6.70. The lowest BCUT2D eigenvalue weighted by atomic mass is 10.0. The van der Waals surface area contributed by atoms with Crippen molar-refractivity contribution in [3.05, 3.63) is 83.3 Å². The smallest absolute Gasteiger partial charge is 0.291 e. The number of rotatable bonds is 4. The van der Waals surface area contributed by atoms with E-state index < -0.39 is 10.0 Å². The van der Waals surface area contributed by atoms with E-state index in [-0.39, 0.29) is 18.2 Å². The molecule has 0 aliphatic carbocycles. The Labute approximate surface area is 163 Å². The van der Waals surface area contributed by atoms with Gasteiger partial charge >= 0.3 is 0 Å². The summed E-state index contributed by atoms with van der Waals surface area (Å²) in [5, 5.41) is 2.79. The Kier molecular flexibility index (Phi) is 4.78. The van der Waals surface area contributed by atoms with Crippen molar-refractivity contribution in [3.8, 4) is 0 Å². The van der Waals surface area contributed by atoms with Gasteiger partial charge in [0.2, 0.25) is 10.0 Å². The highest BCUT2D eigenvalue weighted by molar-refractivity contribution is 7.89. The van der Waals surface area contributed by atoms with Gasteiger partial charge in [-0.1, -0.05) is 23.8 Å². The summed E-state index contributed by atoms with van der Waals surface area (Å²) in [6.07, 6.45) is 2.07. The third-order valence-electron chi connectivity index (χ3n) is 4.85. The zero-order valence-electron chi connectivity index (χ0n) is 15.4. The summed E-state index contributed by atoms with van der Waals surface area (Å²) >= 11 is 0. The van der Waals surface area contributed by atoms with Crippen LogP contribution in [0.15, 0.2) is 70.2 Å². The fourth-order valence-corrected chi connectivity index (χ4v) is 4.69. The highest BCUT2D eigenvalue weighted by Crippen LogP contribution is 2.27. The third kappa shape index (κ3) is 3.58. The Morgan fingerprint density at radius 2 is 1.86 bits per heavy atom. The van der Waals surface area contributed by atoms with E-state index in [1.807, 2.05) is 25.1 Å². The number of aryl methyl sites for hydroxylation is 1. The number of benzene rings is 2. The van der Waals surface area contributed by atoms with Crippen LogP contribution < -0.4 is 5.32 Å². The van der Waals surface area contributed by atoms with E-state index in [9.17, 15) is 13.2 Å². The first kappa shape index (κ1) is 18.5. The lowest BCUT2D eigenvalue weighted by Crippen LogP contribution is -2.36. The fourth-order valence-electron chi connectivity index (χ4n) is 3.27. The van der Waals surface area contributed by atoms with Crippen molar-refractivity contribution in [2.24, 2.45) is 0 Å². The van der Waals surface area contributed by atoms with Gasteiger partial charge in [0, 0.05) is 18.8 Å². The van der Waals surface area contributed by atoms with Gasteiger partial charge in [-0.15, -0.1) is 0 Å². The van der Waals surface area contributed by atoms with Crippen LogP contribution >= 0.6 is 0 Å². The summed E-state index contributed by atoms with van der Waals surface area (Å²) in [5.74, 6) is -0.119. The Morgan fingerprint density at radius 3 is 2.57 bits per heavy atom. The monoisotopic (exact) mass is 396 g/mol. The molecule has 1 amide bonds. The second-order valence-corrected chi connectivity index (χ2v) is 8.75. The van der Waals surface area contributed by atoms with Gasteiger partial charge in [0.1, 0.15) is 0 Å². The molecule has 4 rings (SSSR count). The molecule has 144 valence electrons. The molecule has 0 saturated heterocycles. The van der Waals surface area contributed by atoms with Gasteiger partial charge in [-0.25, -0.2) is 8.42 Å². The summed E-state index contributed by atoms with van der Waals surface area (Å²) in [4.78, 5) is 12.5. The number of hydrogen-bond donors (Lipinski definition) is 1. The van der Waals surface area contributed by atoms with Crippen molar-refractivity contribution in [3.63, 3.8) is 0 Å². The van der Waals surface area contributed by atoms with Gasteiger partial charge in [-0.05, 0) is 60.9 Å². The topological polar surface area (TPSA) is 79.6 Å². The molecule has 1 N–H and O–H groups in total. The number of nitrogens with zero attached hydrogens (tertiary/aromatic N) is 1. The first-order valence-electron chi connectivity index (χ1n) is 8.97. The number of carbonyl (C=O) groups is 1. The molecule has 1 aliphatic rings. The molecule has 0 spiro atoms. The summed E-state index contributed by atoms with van der Waals surface area (Å²) in [5.41, 5.74) is 3.60. The Balaban J connectivity index is 1.56. The SMILES string of the molecule is Cc1ccc(S(=O)(=O)N2CCc3ccc(NC(=O)c4ccco4)cc3C2)cc1. The van der Waals surface area contributed by atoms with Crippen LogP contribution in [0.3, 0.4) is 0 Å². The van der Waals surface area contributed by atoms with Gasteiger partial charge in [0.05, 0.1) is 11.2 Å². The molecule has 3 aromatic rings. The number of furan rings is 1. The van der Waals surface area contributed by atoms with E-state index >= 15 is 0 Å².